The molecule has 3 N–H and O–H groups in total. The van der Waals surface area contributed by atoms with Gasteiger partial charge in [-0.3, -0.25) is 9.69 Å². The summed E-state index contributed by atoms with van der Waals surface area (Å²) in [5, 5.41) is 13.0. The minimum Gasteiger partial charge on any atom is -0.357 e. The summed E-state index contributed by atoms with van der Waals surface area (Å²) in [5.74, 6) is 1.28. The molecule has 1 aromatic rings. The number of carbonyl (C=O) groups is 1. The fraction of sp³-hybridized carbons (Fsp3) is 0.762. The van der Waals surface area contributed by atoms with Gasteiger partial charge in [-0.1, -0.05) is 6.92 Å². The molecule has 1 amide bonds. The molecule has 172 valence electrons. The lowest BCUT2D eigenvalue weighted by Gasteiger charge is -2.31. The van der Waals surface area contributed by atoms with Gasteiger partial charge in [0.1, 0.15) is 6.54 Å². The predicted octanol–water partition coefficient (Wildman–Crippen LogP) is 3.01. The molecule has 0 aliphatic carbocycles. The van der Waals surface area contributed by atoms with E-state index in [4.69, 9.17) is 0 Å². The Balaban J connectivity index is 0.00000450. The minimum absolute atomic E-state index is 0. The molecule has 0 aromatic carbocycles. The zero-order chi connectivity index (χ0) is 21.3. The summed E-state index contributed by atoms with van der Waals surface area (Å²) in [7, 11) is 0. The van der Waals surface area contributed by atoms with Crippen LogP contribution in [0.4, 0.5) is 0 Å². The molecule has 0 bridgehead atoms. The molecule has 1 fully saturated rings. The maximum absolute atomic E-state index is 12.0. The first kappa shape index (κ1) is 27.1. The van der Waals surface area contributed by atoms with Crippen molar-refractivity contribution in [3.63, 3.8) is 0 Å². The molecular weight excluding hydrogens is 511 g/mol. The zero-order valence-corrected chi connectivity index (χ0v) is 22.2. The van der Waals surface area contributed by atoms with Crippen LogP contribution in [-0.4, -0.2) is 60.0 Å². The highest BCUT2D eigenvalue weighted by Gasteiger charge is 2.20. The van der Waals surface area contributed by atoms with E-state index in [1.807, 2.05) is 27.7 Å². The standard InChI is InChI=1S/C21H38N6OS.HI/c1-6-19-25-17(15-29-19)14-27-10-8-16(9-11-27)12-23-20(22-7-2)24-13-18(28)26-21(3,4)5;/h15-16H,6-14H2,1-5H3,(H,26,28)(H2,22,23,24);1H. The van der Waals surface area contributed by atoms with Crippen molar-refractivity contribution in [3.8, 4) is 0 Å². The lowest BCUT2D eigenvalue weighted by atomic mass is 9.97. The monoisotopic (exact) mass is 550 g/mol. The number of amides is 1. The Morgan fingerprint density at radius 3 is 2.53 bits per heavy atom. The van der Waals surface area contributed by atoms with Crippen molar-refractivity contribution in [2.75, 3.05) is 32.7 Å². The van der Waals surface area contributed by atoms with Gasteiger partial charge in [0, 0.05) is 30.6 Å². The number of piperidine rings is 1. The van der Waals surface area contributed by atoms with Gasteiger partial charge in [-0.15, -0.1) is 35.3 Å². The minimum atomic E-state index is -0.233. The predicted molar refractivity (Wildman–Crippen MR) is 137 cm³/mol. The van der Waals surface area contributed by atoms with Gasteiger partial charge in [0.05, 0.1) is 10.7 Å². The van der Waals surface area contributed by atoms with Crippen LogP contribution in [0.1, 0.15) is 58.2 Å². The van der Waals surface area contributed by atoms with E-state index in [1.54, 1.807) is 11.3 Å². The highest BCUT2D eigenvalue weighted by molar-refractivity contribution is 14.0. The van der Waals surface area contributed by atoms with E-state index < -0.39 is 0 Å². The quantitative estimate of drug-likeness (QED) is 0.264. The van der Waals surface area contributed by atoms with Crippen LogP contribution >= 0.6 is 35.3 Å². The lowest BCUT2D eigenvalue weighted by Crippen LogP contribution is -2.44. The molecule has 2 heterocycles. The number of halogens is 1. The Labute approximate surface area is 202 Å². The molecule has 30 heavy (non-hydrogen) atoms. The van der Waals surface area contributed by atoms with E-state index in [2.05, 4.69) is 43.1 Å². The highest BCUT2D eigenvalue weighted by atomic mass is 127. The summed E-state index contributed by atoms with van der Waals surface area (Å²) in [6.45, 7) is 15.1. The SMILES string of the molecule is CCNC(=NCC(=O)NC(C)(C)C)NCC1CCN(Cc2csc(CC)n2)CC1.I. The molecule has 1 aliphatic heterocycles. The van der Waals surface area contributed by atoms with Crippen molar-refractivity contribution >= 4 is 47.2 Å². The maximum atomic E-state index is 12.0. The van der Waals surface area contributed by atoms with Gasteiger partial charge >= 0.3 is 0 Å². The molecule has 0 atom stereocenters. The molecular formula is C21H39IN6OS. The topological polar surface area (TPSA) is 81.6 Å². The average molecular weight is 551 g/mol. The van der Waals surface area contributed by atoms with E-state index >= 15 is 0 Å². The van der Waals surface area contributed by atoms with Gasteiger partial charge in [0.15, 0.2) is 5.96 Å². The Hall–Kier alpha value is -0.940. The molecule has 2 rings (SSSR count). The highest BCUT2D eigenvalue weighted by Crippen LogP contribution is 2.19. The number of hydrogen-bond acceptors (Lipinski definition) is 5. The van der Waals surface area contributed by atoms with Crippen LogP contribution in [-0.2, 0) is 17.8 Å². The first-order valence-electron chi connectivity index (χ1n) is 10.8. The number of nitrogens with one attached hydrogen (secondary N) is 3. The number of rotatable bonds is 8. The van der Waals surface area contributed by atoms with Crippen LogP contribution in [0.25, 0.3) is 0 Å². The van der Waals surface area contributed by atoms with Gasteiger partial charge in [-0.05, 0) is 66.0 Å². The smallest absolute Gasteiger partial charge is 0.242 e. The van der Waals surface area contributed by atoms with Gasteiger partial charge < -0.3 is 16.0 Å². The Bertz CT molecular complexity index is 665. The van der Waals surface area contributed by atoms with Crippen LogP contribution < -0.4 is 16.0 Å². The Kier molecular flexibility index (Phi) is 12.2. The largest absolute Gasteiger partial charge is 0.357 e. The third kappa shape index (κ3) is 10.4. The zero-order valence-electron chi connectivity index (χ0n) is 19.1. The van der Waals surface area contributed by atoms with Gasteiger partial charge in [-0.25, -0.2) is 9.98 Å². The van der Waals surface area contributed by atoms with Crippen molar-refractivity contribution < 1.29 is 4.79 Å². The summed E-state index contributed by atoms with van der Waals surface area (Å²) < 4.78 is 0. The van der Waals surface area contributed by atoms with Crippen LogP contribution in [0.5, 0.6) is 0 Å². The molecule has 0 radical (unpaired) electrons. The molecule has 1 aromatic heterocycles. The number of likely N-dealkylation sites (tertiary alicyclic amines) is 1. The number of carbonyl (C=O) groups excluding carboxylic acids is 1. The van der Waals surface area contributed by atoms with E-state index in [0.29, 0.717) is 11.9 Å². The van der Waals surface area contributed by atoms with Crippen molar-refractivity contribution in [2.24, 2.45) is 10.9 Å². The second-order valence-electron chi connectivity index (χ2n) is 8.68. The molecule has 7 nitrogen and oxygen atoms in total. The van der Waals surface area contributed by atoms with Crippen molar-refractivity contribution in [3.05, 3.63) is 16.1 Å². The number of hydrogen-bond donors (Lipinski definition) is 3. The fourth-order valence-electron chi connectivity index (χ4n) is 3.35. The number of aliphatic imine (C=N–C) groups is 1. The van der Waals surface area contributed by atoms with Crippen LogP contribution in [0.2, 0.25) is 0 Å². The second kappa shape index (κ2) is 13.5. The number of guanidine groups is 1. The summed E-state index contributed by atoms with van der Waals surface area (Å²) >= 11 is 1.77. The van der Waals surface area contributed by atoms with Gasteiger partial charge in [0.2, 0.25) is 5.91 Å². The average Bonchev–Trinajstić information content (AvgIpc) is 3.11. The normalized spacial score (nSPS) is 16.1. The molecule has 1 saturated heterocycles. The molecule has 0 unspecified atom stereocenters. The third-order valence-electron chi connectivity index (χ3n) is 4.79. The first-order valence-corrected chi connectivity index (χ1v) is 11.7. The number of nitrogens with zero attached hydrogens (tertiary/aromatic N) is 3. The summed E-state index contributed by atoms with van der Waals surface area (Å²) in [6, 6.07) is 0. The number of thiazole rings is 1. The van der Waals surface area contributed by atoms with E-state index in [9.17, 15) is 4.79 Å². The van der Waals surface area contributed by atoms with Gasteiger partial charge in [0.25, 0.3) is 0 Å². The van der Waals surface area contributed by atoms with E-state index in [1.165, 1.54) is 23.5 Å². The van der Waals surface area contributed by atoms with Crippen LogP contribution in [0, 0.1) is 5.92 Å². The van der Waals surface area contributed by atoms with Gasteiger partial charge in [-0.2, -0.15) is 0 Å². The maximum Gasteiger partial charge on any atom is 0.242 e. The fourth-order valence-corrected chi connectivity index (χ4v) is 4.09. The van der Waals surface area contributed by atoms with E-state index in [-0.39, 0.29) is 42.0 Å². The van der Waals surface area contributed by atoms with Crippen molar-refractivity contribution in [1.29, 1.82) is 0 Å². The summed E-state index contributed by atoms with van der Waals surface area (Å²) in [5.41, 5.74) is 0.974. The summed E-state index contributed by atoms with van der Waals surface area (Å²) in [6.07, 6.45) is 3.36. The second-order valence-corrected chi connectivity index (χ2v) is 9.62. The summed E-state index contributed by atoms with van der Waals surface area (Å²) in [4.78, 5) is 23.6. The molecule has 1 aliphatic rings. The Morgan fingerprint density at radius 2 is 1.97 bits per heavy atom. The van der Waals surface area contributed by atoms with E-state index in [0.717, 1.165) is 39.1 Å². The number of aromatic nitrogens is 1. The van der Waals surface area contributed by atoms with Crippen LogP contribution in [0.3, 0.4) is 0 Å². The lowest BCUT2D eigenvalue weighted by molar-refractivity contribution is -0.121. The Morgan fingerprint density at radius 1 is 1.27 bits per heavy atom. The third-order valence-corrected chi connectivity index (χ3v) is 5.83. The van der Waals surface area contributed by atoms with Crippen LogP contribution in [0.15, 0.2) is 10.4 Å². The number of aryl methyl sites for hydroxylation is 1. The first-order chi connectivity index (χ1) is 13.8. The molecule has 0 saturated carbocycles. The molecule has 0 spiro atoms. The van der Waals surface area contributed by atoms with Crippen molar-refractivity contribution in [1.82, 2.24) is 25.8 Å². The molecule has 9 heteroatoms. The van der Waals surface area contributed by atoms with Crippen molar-refractivity contribution in [2.45, 2.75) is 66.0 Å².